The molecule has 2 heterocycles. The lowest BCUT2D eigenvalue weighted by molar-refractivity contribution is -0.118. The third kappa shape index (κ3) is 5.28. The maximum absolute atomic E-state index is 13.2. The number of fused-ring (bicyclic) bond motifs is 1. The zero-order valence-electron chi connectivity index (χ0n) is 18.7. The topological polar surface area (TPSA) is 76.0 Å². The SMILES string of the molecule is Cc1nn(Cc2ccc(F)cc2)c2sc(C(=O)NCc3cccc(NC(=O)C(C)C)c3)cc12. The molecule has 0 bridgehead atoms. The molecule has 0 radical (unpaired) electrons. The van der Waals surface area contributed by atoms with Gasteiger partial charge in [0.2, 0.25) is 5.91 Å². The van der Waals surface area contributed by atoms with Gasteiger partial charge in [-0.1, -0.05) is 38.1 Å². The molecular formula is C25H25FN4O2S. The maximum Gasteiger partial charge on any atom is 0.261 e. The van der Waals surface area contributed by atoms with Crippen molar-refractivity contribution in [3.63, 3.8) is 0 Å². The number of carbonyl (C=O) groups is 2. The molecule has 4 aromatic rings. The van der Waals surface area contributed by atoms with Crippen molar-refractivity contribution in [1.82, 2.24) is 15.1 Å². The van der Waals surface area contributed by atoms with Gasteiger partial charge >= 0.3 is 0 Å². The van der Waals surface area contributed by atoms with Gasteiger partial charge in [0.15, 0.2) is 0 Å². The minimum absolute atomic E-state index is 0.0495. The van der Waals surface area contributed by atoms with Crippen molar-refractivity contribution in [2.24, 2.45) is 5.92 Å². The van der Waals surface area contributed by atoms with Gasteiger partial charge in [-0.05, 0) is 48.4 Å². The standard InChI is InChI=1S/C25H25FN4O2S/c1-15(2)23(31)28-20-6-4-5-18(11-20)13-27-24(32)22-12-21-16(3)29-30(25(21)33-22)14-17-7-9-19(26)10-8-17/h4-12,15H,13-14H2,1-3H3,(H,27,32)(H,28,31). The van der Waals surface area contributed by atoms with Gasteiger partial charge in [0, 0.05) is 23.5 Å². The summed E-state index contributed by atoms with van der Waals surface area (Å²) in [6.45, 7) is 6.44. The number of benzene rings is 2. The lowest BCUT2D eigenvalue weighted by Crippen LogP contribution is -2.22. The summed E-state index contributed by atoms with van der Waals surface area (Å²) < 4.78 is 15.0. The highest BCUT2D eigenvalue weighted by Gasteiger charge is 2.17. The molecule has 0 aliphatic rings. The summed E-state index contributed by atoms with van der Waals surface area (Å²) in [5, 5.41) is 11.3. The second-order valence-electron chi connectivity index (χ2n) is 8.23. The van der Waals surface area contributed by atoms with E-state index < -0.39 is 0 Å². The van der Waals surface area contributed by atoms with Gasteiger partial charge in [0.25, 0.3) is 5.91 Å². The van der Waals surface area contributed by atoms with Crippen LogP contribution in [0, 0.1) is 18.7 Å². The van der Waals surface area contributed by atoms with Gasteiger partial charge in [-0.25, -0.2) is 4.39 Å². The third-order valence-corrected chi connectivity index (χ3v) is 6.40. The second kappa shape index (κ2) is 9.54. The number of aromatic nitrogens is 2. The van der Waals surface area contributed by atoms with E-state index in [1.165, 1.54) is 23.5 Å². The summed E-state index contributed by atoms with van der Waals surface area (Å²) in [6.07, 6.45) is 0. The predicted molar refractivity (Wildman–Crippen MR) is 129 cm³/mol. The molecule has 0 fully saturated rings. The van der Waals surface area contributed by atoms with E-state index in [2.05, 4.69) is 15.7 Å². The van der Waals surface area contributed by atoms with E-state index in [0.29, 0.717) is 23.7 Å². The van der Waals surface area contributed by atoms with Gasteiger partial charge in [0.05, 0.1) is 17.1 Å². The Morgan fingerprint density at radius 1 is 1.09 bits per heavy atom. The lowest BCUT2D eigenvalue weighted by atomic mass is 10.1. The number of nitrogens with one attached hydrogen (secondary N) is 2. The highest BCUT2D eigenvalue weighted by molar-refractivity contribution is 7.20. The average molecular weight is 465 g/mol. The third-order valence-electron chi connectivity index (χ3n) is 5.25. The highest BCUT2D eigenvalue weighted by Crippen LogP contribution is 2.29. The van der Waals surface area contributed by atoms with Gasteiger partial charge in [-0.15, -0.1) is 11.3 Å². The predicted octanol–water partition coefficient (Wildman–Crippen LogP) is 5.12. The van der Waals surface area contributed by atoms with Gasteiger partial charge in [-0.3, -0.25) is 14.3 Å². The number of hydrogen-bond acceptors (Lipinski definition) is 4. The summed E-state index contributed by atoms with van der Waals surface area (Å²) in [5.41, 5.74) is 3.38. The summed E-state index contributed by atoms with van der Waals surface area (Å²) in [4.78, 5) is 26.2. The van der Waals surface area contributed by atoms with Crippen molar-refractivity contribution in [3.8, 4) is 0 Å². The van der Waals surface area contributed by atoms with Crippen LogP contribution < -0.4 is 10.6 Å². The summed E-state index contributed by atoms with van der Waals surface area (Å²) in [6, 6.07) is 15.6. The van der Waals surface area contributed by atoms with Crippen LogP contribution in [0.15, 0.2) is 54.6 Å². The van der Waals surface area contributed by atoms with Crippen LogP contribution >= 0.6 is 11.3 Å². The van der Waals surface area contributed by atoms with Crippen LogP contribution in [0.3, 0.4) is 0 Å². The van der Waals surface area contributed by atoms with E-state index in [4.69, 9.17) is 0 Å². The molecule has 2 N–H and O–H groups in total. The van der Waals surface area contributed by atoms with Crippen LogP contribution in [0.2, 0.25) is 0 Å². The fraction of sp³-hybridized carbons (Fsp3) is 0.240. The molecule has 4 rings (SSSR count). The number of aryl methyl sites for hydroxylation is 1. The van der Waals surface area contributed by atoms with E-state index in [1.807, 2.05) is 55.8 Å². The molecule has 33 heavy (non-hydrogen) atoms. The van der Waals surface area contributed by atoms with Gasteiger partial charge < -0.3 is 10.6 Å². The lowest BCUT2D eigenvalue weighted by Gasteiger charge is -2.10. The molecule has 0 saturated heterocycles. The fourth-order valence-electron chi connectivity index (χ4n) is 3.41. The van der Waals surface area contributed by atoms with E-state index in [1.54, 1.807) is 12.1 Å². The van der Waals surface area contributed by atoms with Crippen LogP contribution in [0.25, 0.3) is 10.2 Å². The van der Waals surface area contributed by atoms with Crippen molar-refractivity contribution < 1.29 is 14.0 Å². The molecule has 0 aliphatic heterocycles. The number of nitrogens with zero attached hydrogens (tertiary/aromatic N) is 2. The molecule has 0 aliphatic carbocycles. The Morgan fingerprint density at radius 2 is 1.85 bits per heavy atom. The van der Waals surface area contributed by atoms with Gasteiger partial charge in [0.1, 0.15) is 10.6 Å². The fourth-order valence-corrected chi connectivity index (χ4v) is 4.49. The Labute approximate surface area is 195 Å². The number of amides is 2. The molecule has 170 valence electrons. The Kier molecular flexibility index (Phi) is 6.55. The molecule has 2 aromatic heterocycles. The Morgan fingerprint density at radius 3 is 2.58 bits per heavy atom. The van der Waals surface area contributed by atoms with Crippen LogP contribution in [-0.2, 0) is 17.9 Å². The first kappa shape index (κ1) is 22.7. The van der Waals surface area contributed by atoms with Crippen molar-refractivity contribution in [2.45, 2.75) is 33.9 Å². The van der Waals surface area contributed by atoms with Crippen molar-refractivity contribution in [1.29, 1.82) is 0 Å². The zero-order valence-corrected chi connectivity index (χ0v) is 19.5. The second-order valence-corrected chi connectivity index (χ2v) is 9.26. The Balaban J connectivity index is 1.45. The van der Waals surface area contributed by atoms with E-state index >= 15 is 0 Å². The van der Waals surface area contributed by atoms with Crippen LogP contribution in [0.5, 0.6) is 0 Å². The molecule has 0 unspecified atom stereocenters. The number of thiophene rings is 1. The molecule has 0 atom stereocenters. The molecule has 2 amide bonds. The normalized spacial score (nSPS) is 11.2. The number of carbonyl (C=O) groups excluding carboxylic acids is 2. The van der Waals surface area contributed by atoms with E-state index in [0.717, 1.165) is 27.0 Å². The maximum atomic E-state index is 13.2. The quantitative estimate of drug-likeness (QED) is 0.399. The molecular weight excluding hydrogens is 439 g/mol. The van der Waals surface area contributed by atoms with Crippen molar-refractivity contribution in [3.05, 3.63) is 82.1 Å². The molecule has 2 aromatic carbocycles. The van der Waals surface area contributed by atoms with Crippen LogP contribution in [0.4, 0.5) is 10.1 Å². The molecule has 6 nitrogen and oxygen atoms in total. The Bertz CT molecular complexity index is 1310. The van der Waals surface area contributed by atoms with E-state index in [9.17, 15) is 14.0 Å². The van der Waals surface area contributed by atoms with Crippen molar-refractivity contribution in [2.75, 3.05) is 5.32 Å². The minimum atomic E-state index is -0.275. The Hall–Kier alpha value is -3.52. The van der Waals surface area contributed by atoms with Crippen molar-refractivity contribution >= 4 is 39.1 Å². The molecule has 8 heteroatoms. The molecule has 0 saturated carbocycles. The number of hydrogen-bond donors (Lipinski definition) is 2. The van der Waals surface area contributed by atoms with E-state index in [-0.39, 0.29) is 23.5 Å². The van der Waals surface area contributed by atoms with Crippen LogP contribution in [-0.4, -0.2) is 21.6 Å². The number of halogens is 1. The van der Waals surface area contributed by atoms with Crippen LogP contribution in [0.1, 0.15) is 40.3 Å². The molecule has 0 spiro atoms. The minimum Gasteiger partial charge on any atom is -0.347 e. The average Bonchev–Trinajstić information content (AvgIpc) is 3.35. The highest BCUT2D eigenvalue weighted by atomic mass is 32.1. The zero-order chi connectivity index (χ0) is 23.5. The first-order valence-corrected chi connectivity index (χ1v) is 11.5. The number of anilines is 1. The first-order valence-electron chi connectivity index (χ1n) is 10.7. The smallest absolute Gasteiger partial charge is 0.261 e. The summed E-state index contributed by atoms with van der Waals surface area (Å²) >= 11 is 1.38. The summed E-state index contributed by atoms with van der Waals surface area (Å²) in [5.74, 6) is -0.598. The number of rotatable bonds is 7. The van der Waals surface area contributed by atoms with Gasteiger partial charge in [-0.2, -0.15) is 5.10 Å². The summed E-state index contributed by atoms with van der Waals surface area (Å²) in [7, 11) is 0. The first-order chi connectivity index (χ1) is 15.8. The monoisotopic (exact) mass is 464 g/mol. The largest absolute Gasteiger partial charge is 0.347 e.